The lowest BCUT2D eigenvalue weighted by atomic mass is 9.92. The maximum Gasteiger partial charge on any atom is 0.213 e. The van der Waals surface area contributed by atoms with E-state index >= 15 is 0 Å². The van der Waals surface area contributed by atoms with Gasteiger partial charge in [-0.15, -0.1) is 0 Å². The van der Waals surface area contributed by atoms with Gasteiger partial charge in [0.05, 0.1) is 33.6 Å². The zero-order valence-corrected chi connectivity index (χ0v) is 45.7. The zero-order chi connectivity index (χ0) is 48.9. The van der Waals surface area contributed by atoms with Crippen molar-refractivity contribution in [1.29, 1.82) is 0 Å². The number of hydrogen-bond acceptors (Lipinski definition) is 8. The van der Waals surface area contributed by atoms with E-state index in [1.54, 1.807) is 11.8 Å². The van der Waals surface area contributed by atoms with Crippen LogP contribution >= 0.6 is 11.8 Å². The summed E-state index contributed by atoms with van der Waals surface area (Å²) in [5.41, 5.74) is 13.7. The number of pyridine rings is 3. The van der Waals surface area contributed by atoms with Gasteiger partial charge in [-0.2, -0.15) is 4.57 Å². The van der Waals surface area contributed by atoms with Crippen LogP contribution in [0, 0.1) is 0 Å². The summed E-state index contributed by atoms with van der Waals surface area (Å²) >= 11 is 1.78. The van der Waals surface area contributed by atoms with Crippen molar-refractivity contribution in [2.24, 2.45) is 0 Å². The first-order chi connectivity index (χ1) is 35.6. The highest BCUT2D eigenvalue weighted by molar-refractivity contribution is 8.03. The molecule has 0 spiro atoms. The van der Waals surface area contributed by atoms with Gasteiger partial charge in [0.1, 0.15) is 11.6 Å². The molecule has 0 radical (unpaired) electrons. The van der Waals surface area contributed by atoms with Gasteiger partial charge in [0.25, 0.3) is 0 Å². The third kappa shape index (κ3) is 13.1. The summed E-state index contributed by atoms with van der Waals surface area (Å²) in [6.07, 6.45) is 27.2. The summed E-state index contributed by atoms with van der Waals surface area (Å²) in [5, 5.41) is 12.4. The lowest BCUT2D eigenvalue weighted by Gasteiger charge is -2.21. The van der Waals surface area contributed by atoms with E-state index in [2.05, 4.69) is 136 Å². The third-order valence-corrected chi connectivity index (χ3v) is 16.4. The van der Waals surface area contributed by atoms with Crippen LogP contribution in [-0.2, 0) is 41.8 Å². The van der Waals surface area contributed by atoms with Gasteiger partial charge >= 0.3 is 0 Å². The number of carbonyl (C=O) groups is 2. The van der Waals surface area contributed by atoms with Crippen molar-refractivity contribution < 1.29 is 38.1 Å². The molecule has 0 unspecified atom stereocenters. The van der Waals surface area contributed by atoms with Gasteiger partial charge in [0.15, 0.2) is 12.7 Å². The van der Waals surface area contributed by atoms with Crippen LogP contribution in [0.1, 0.15) is 144 Å². The van der Waals surface area contributed by atoms with Crippen LogP contribution in [0.5, 0.6) is 0 Å². The molecular weight excluding hydrogens is 1030 g/mol. The Balaban J connectivity index is 0.00000656. The molecular formula is C63H73IN6O2S. The first kappa shape index (κ1) is 52.5. The number of ketones is 2. The normalized spacial score (nSPS) is 14.5. The second-order valence-corrected chi connectivity index (χ2v) is 21.5. The summed E-state index contributed by atoms with van der Waals surface area (Å²) < 4.78 is 2.24. The number of benzene rings is 4. The fraction of sp³-hybridized carbons (Fsp3) is 0.413. The molecule has 0 bridgehead atoms. The maximum absolute atomic E-state index is 13.3. The number of hydrogen-bond donors (Lipinski definition) is 2. The number of rotatable bonds is 25. The summed E-state index contributed by atoms with van der Waals surface area (Å²) in [6.45, 7) is 3.29. The second-order valence-electron chi connectivity index (χ2n) is 20.4. The van der Waals surface area contributed by atoms with E-state index in [-0.39, 0.29) is 24.0 Å². The number of carbonyl (C=O) groups excluding carboxylic acids is 2. The predicted octanol–water partition coefficient (Wildman–Crippen LogP) is 11.7. The predicted molar refractivity (Wildman–Crippen MR) is 300 cm³/mol. The molecule has 7 aromatic rings. The summed E-state index contributed by atoms with van der Waals surface area (Å²) in [4.78, 5) is 40.1. The molecule has 10 heteroatoms. The topological polar surface area (TPSA) is 91.1 Å². The van der Waals surface area contributed by atoms with E-state index in [1.807, 2.05) is 0 Å². The largest absolute Gasteiger partial charge is 1.00 e. The molecule has 73 heavy (non-hydrogen) atoms. The molecule has 0 atom stereocenters. The Morgan fingerprint density at radius 3 is 1.73 bits per heavy atom. The van der Waals surface area contributed by atoms with Crippen molar-refractivity contribution >= 4 is 79.2 Å². The summed E-state index contributed by atoms with van der Waals surface area (Å²) in [7, 11) is 0. The highest BCUT2D eigenvalue weighted by atomic mass is 127. The number of fused-ring (bicyclic) bond motifs is 6. The van der Waals surface area contributed by atoms with Gasteiger partial charge in [-0.1, -0.05) is 111 Å². The molecule has 0 saturated carbocycles. The number of anilines is 3. The van der Waals surface area contributed by atoms with Crippen LogP contribution in [0.2, 0.25) is 0 Å². The molecule has 3 aliphatic rings. The molecule has 10 rings (SSSR count). The zero-order valence-electron chi connectivity index (χ0n) is 42.7. The Hall–Kier alpha value is -5.33. The third-order valence-electron chi connectivity index (χ3n) is 15.3. The average Bonchev–Trinajstić information content (AvgIpc) is 3.77. The molecule has 2 aliphatic carbocycles. The minimum atomic E-state index is 0. The number of aromatic nitrogens is 3. The van der Waals surface area contributed by atoms with E-state index < -0.39 is 0 Å². The molecule has 0 amide bonds. The van der Waals surface area contributed by atoms with Crippen molar-refractivity contribution in [2.75, 3.05) is 35.2 Å². The van der Waals surface area contributed by atoms with Crippen molar-refractivity contribution in [3.05, 3.63) is 142 Å². The minimum Gasteiger partial charge on any atom is -1.00 e. The molecule has 2 N–H and O–H groups in total. The standard InChI is InChI=1S/C63H73N6O2S.HI/c70-47(23-7-3-1-5-21-40-64-62-50-26-9-14-30-54(50)66-55-31-15-10-27-51(55)62)38-43-68-42-37-46(49-25-13-18-34-58(49)68)45-61-69(59-35-19-20-36-60(59)72-61)44-39-48(71)24-8-4-2-6-22-41-65-63-52-28-11-16-32-56(52)67-57-33-17-12-29-53(57)63;/h9,11,13-14,16,18-20,25-26,28,30,32,34-37,42,45H,1-8,10,12,15,17,21-24,27,29,31,33,38-41,43-44H2,(H,64,66)(H,65,67);1H/q+1;/p-1. The fourth-order valence-corrected chi connectivity index (χ4v) is 12.6. The van der Waals surface area contributed by atoms with Crippen molar-refractivity contribution in [3.63, 3.8) is 0 Å². The SMILES string of the molecule is O=C(CCCCCCCNc1c2c(nc3ccccc13)CCCC2)CCN1C(=Cc2cc[n+](CCC(=O)CCCCCCCNc3c4c(nc5ccccc35)CCCC4)c3ccccc23)Sc2ccccc21.[I-]. The number of nitrogens with zero attached hydrogens (tertiary/aromatic N) is 4. The number of nitrogens with one attached hydrogen (secondary N) is 2. The van der Waals surface area contributed by atoms with Gasteiger partial charge < -0.3 is 39.5 Å². The number of aryl methyl sites for hydroxylation is 3. The minimum absolute atomic E-state index is 0. The van der Waals surface area contributed by atoms with Crippen LogP contribution in [0.4, 0.5) is 17.1 Å². The first-order valence-electron chi connectivity index (χ1n) is 27.6. The average molecular weight is 1110 g/mol. The fourth-order valence-electron chi connectivity index (χ4n) is 11.4. The van der Waals surface area contributed by atoms with Gasteiger partial charge in [0, 0.05) is 89.5 Å². The Bertz CT molecular complexity index is 3060. The number of halogens is 1. The second kappa shape index (κ2) is 26.2. The lowest BCUT2D eigenvalue weighted by molar-refractivity contribution is -0.670. The van der Waals surface area contributed by atoms with Crippen molar-refractivity contribution in [3.8, 4) is 0 Å². The quantitative estimate of drug-likeness (QED) is 0.0332. The molecule has 380 valence electrons. The van der Waals surface area contributed by atoms with E-state index in [0.717, 1.165) is 117 Å². The van der Waals surface area contributed by atoms with Crippen LogP contribution in [0.15, 0.2) is 119 Å². The molecule has 8 nitrogen and oxygen atoms in total. The first-order valence-corrected chi connectivity index (χ1v) is 28.4. The number of unbranched alkanes of at least 4 members (excludes halogenated alkanes) is 8. The molecule has 0 fully saturated rings. The summed E-state index contributed by atoms with van der Waals surface area (Å²) in [6, 6.07) is 36.4. The molecule has 3 aromatic heterocycles. The molecule has 0 saturated heterocycles. The van der Waals surface area contributed by atoms with Crippen LogP contribution in [0.25, 0.3) is 38.8 Å². The van der Waals surface area contributed by atoms with Crippen molar-refractivity contribution in [1.82, 2.24) is 9.97 Å². The maximum atomic E-state index is 13.3. The monoisotopic (exact) mass is 1100 g/mol. The number of thioether (sulfide) groups is 1. The van der Waals surface area contributed by atoms with Gasteiger partial charge in [-0.05, 0) is 130 Å². The highest BCUT2D eigenvalue weighted by Gasteiger charge is 2.26. The van der Waals surface area contributed by atoms with E-state index in [1.165, 1.54) is 99.2 Å². The number of Topliss-reactive ketones (excluding diaryl/α,β-unsaturated/α-hetero) is 2. The van der Waals surface area contributed by atoms with E-state index in [0.29, 0.717) is 50.3 Å². The Labute approximate surface area is 454 Å². The van der Waals surface area contributed by atoms with Crippen LogP contribution < -0.4 is 44.1 Å². The molecule has 1 aliphatic heterocycles. The van der Waals surface area contributed by atoms with Gasteiger partial charge in [0.2, 0.25) is 5.52 Å². The van der Waals surface area contributed by atoms with Crippen molar-refractivity contribution in [2.45, 2.75) is 153 Å². The van der Waals surface area contributed by atoms with Gasteiger partial charge in [-0.25, -0.2) is 0 Å². The Morgan fingerprint density at radius 2 is 1.08 bits per heavy atom. The van der Waals surface area contributed by atoms with E-state index in [9.17, 15) is 9.59 Å². The Morgan fingerprint density at radius 1 is 0.562 bits per heavy atom. The highest BCUT2D eigenvalue weighted by Crippen LogP contribution is 2.47. The summed E-state index contributed by atoms with van der Waals surface area (Å²) in [5.74, 6) is 0.688. The molecule has 4 heterocycles. The van der Waals surface area contributed by atoms with Crippen LogP contribution in [-0.4, -0.2) is 41.2 Å². The smallest absolute Gasteiger partial charge is 0.213 e. The lowest BCUT2D eigenvalue weighted by Crippen LogP contribution is -3.00. The molecule has 4 aromatic carbocycles. The Kier molecular flexibility index (Phi) is 18.9. The number of para-hydroxylation sites is 4. The van der Waals surface area contributed by atoms with E-state index in [4.69, 9.17) is 9.97 Å². The van der Waals surface area contributed by atoms with Gasteiger partial charge in [-0.3, -0.25) is 19.6 Å². The van der Waals surface area contributed by atoms with Crippen LogP contribution in [0.3, 0.4) is 0 Å².